The summed E-state index contributed by atoms with van der Waals surface area (Å²) in [4.78, 5) is 14.3. The van der Waals surface area contributed by atoms with Gasteiger partial charge in [0, 0.05) is 30.0 Å². The molecule has 7 nitrogen and oxygen atoms in total. The van der Waals surface area contributed by atoms with Gasteiger partial charge in [-0.1, -0.05) is 62.2 Å². The van der Waals surface area contributed by atoms with Crippen LogP contribution in [-0.2, 0) is 27.8 Å². The van der Waals surface area contributed by atoms with E-state index in [2.05, 4.69) is 12.2 Å². The van der Waals surface area contributed by atoms with E-state index >= 15 is 0 Å². The highest BCUT2D eigenvalue weighted by Crippen LogP contribution is 2.30. The van der Waals surface area contributed by atoms with E-state index in [0.717, 1.165) is 36.1 Å². The predicted molar refractivity (Wildman–Crippen MR) is 154 cm³/mol. The third-order valence-corrected chi connectivity index (χ3v) is 10.2. The zero-order chi connectivity index (χ0) is 27.8. The first-order valence-corrected chi connectivity index (χ1v) is 15.8. The Labute approximate surface area is 235 Å². The number of aliphatic hydroxyl groups excluding tert-OH is 1. The predicted octanol–water partition coefficient (Wildman–Crippen LogP) is 4.86. The molecule has 0 spiro atoms. The number of aliphatic hydroxyl groups is 1. The molecule has 4 rings (SSSR count). The van der Waals surface area contributed by atoms with E-state index in [-0.39, 0.29) is 35.7 Å². The molecule has 2 N–H and O–H groups in total. The minimum atomic E-state index is -3.98. The van der Waals surface area contributed by atoms with Crippen LogP contribution >= 0.6 is 11.3 Å². The van der Waals surface area contributed by atoms with Gasteiger partial charge in [0.2, 0.25) is 15.9 Å². The van der Waals surface area contributed by atoms with Gasteiger partial charge >= 0.3 is 0 Å². The van der Waals surface area contributed by atoms with Gasteiger partial charge in [0.05, 0.1) is 24.2 Å². The fourth-order valence-corrected chi connectivity index (χ4v) is 7.49. The summed E-state index contributed by atoms with van der Waals surface area (Å²) in [5.74, 6) is 0.537. The van der Waals surface area contributed by atoms with Crippen molar-refractivity contribution in [2.24, 2.45) is 11.8 Å². The molecule has 1 heterocycles. The van der Waals surface area contributed by atoms with Crippen molar-refractivity contribution in [2.45, 2.75) is 62.6 Å². The molecule has 1 fully saturated rings. The topological polar surface area (TPSA) is 95.9 Å². The largest absolute Gasteiger partial charge is 0.497 e. The number of nitrogens with zero attached hydrogens (tertiary/aromatic N) is 1. The number of thiophene rings is 1. The minimum Gasteiger partial charge on any atom is -0.497 e. The molecular weight excluding hydrogens is 532 g/mol. The van der Waals surface area contributed by atoms with Crippen molar-refractivity contribution in [1.82, 2.24) is 9.62 Å². The second-order valence-electron chi connectivity index (χ2n) is 10.3. The molecule has 1 aliphatic rings. The number of sulfonamides is 1. The zero-order valence-electron chi connectivity index (χ0n) is 22.5. The van der Waals surface area contributed by atoms with Gasteiger partial charge in [0.1, 0.15) is 5.75 Å². The lowest BCUT2D eigenvalue weighted by Crippen LogP contribution is -2.52. The van der Waals surface area contributed by atoms with Gasteiger partial charge < -0.3 is 15.2 Å². The van der Waals surface area contributed by atoms with Crippen LogP contribution in [0.5, 0.6) is 5.75 Å². The van der Waals surface area contributed by atoms with Crippen LogP contribution in [0.3, 0.4) is 0 Å². The quantitative estimate of drug-likeness (QED) is 0.324. The molecule has 39 heavy (non-hydrogen) atoms. The highest BCUT2D eigenvalue weighted by Gasteiger charge is 2.34. The second kappa shape index (κ2) is 13.6. The number of rotatable bonds is 12. The number of carbonyl (C=O) groups is 1. The van der Waals surface area contributed by atoms with E-state index in [9.17, 15) is 18.3 Å². The van der Waals surface area contributed by atoms with E-state index in [1.165, 1.54) is 34.9 Å². The fraction of sp³-hybridized carbons (Fsp3) is 0.433. The van der Waals surface area contributed by atoms with Gasteiger partial charge in [-0.05, 0) is 54.3 Å². The Morgan fingerprint density at radius 1 is 1.10 bits per heavy atom. The molecule has 1 aromatic heterocycles. The number of hydrogen-bond donors (Lipinski definition) is 2. The number of ether oxygens (including phenoxy) is 1. The number of amides is 1. The van der Waals surface area contributed by atoms with Crippen molar-refractivity contribution in [3.8, 4) is 5.75 Å². The van der Waals surface area contributed by atoms with Crippen LogP contribution in [0.25, 0.3) is 0 Å². The van der Waals surface area contributed by atoms with Crippen molar-refractivity contribution in [3.63, 3.8) is 0 Å². The lowest BCUT2D eigenvalue weighted by atomic mass is 9.79. The summed E-state index contributed by atoms with van der Waals surface area (Å²) in [5, 5.41) is 16.6. The van der Waals surface area contributed by atoms with E-state index in [1.54, 1.807) is 12.1 Å². The summed E-state index contributed by atoms with van der Waals surface area (Å²) in [5.41, 5.74) is 0.957. The zero-order valence-corrected chi connectivity index (χ0v) is 24.2. The maximum Gasteiger partial charge on any atom is 0.243 e. The maximum absolute atomic E-state index is 13.8. The molecule has 4 atom stereocenters. The van der Waals surface area contributed by atoms with Crippen LogP contribution in [0.15, 0.2) is 77.0 Å². The Balaban J connectivity index is 1.61. The lowest BCUT2D eigenvalue weighted by Gasteiger charge is -2.33. The van der Waals surface area contributed by atoms with E-state index in [0.29, 0.717) is 12.2 Å². The number of carbonyl (C=O) groups excluding carboxylic acids is 1. The summed E-state index contributed by atoms with van der Waals surface area (Å²) in [6.07, 6.45) is 3.24. The third-order valence-electron chi connectivity index (χ3n) is 7.52. The first kappa shape index (κ1) is 29.3. The van der Waals surface area contributed by atoms with Gasteiger partial charge in [-0.15, -0.1) is 11.3 Å². The number of methoxy groups -OCH3 is 1. The van der Waals surface area contributed by atoms with Crippen molar-refractivity contribution in [2.75, 3.05) is 13.7 Å². The summed E-state index contributed by atoms with van der Waals surface area (Å²) in [7, 11) is -2.49. The molecule has 210 valence electrons. The van der Waals surface area contributed by atoms with E-state index < -0.39 is 22.2 Å². The molecular formula is C30H38N2O5S2. The maximum atomic E-state index is 13.8. The van der Waals surface area contributed by atoms with Gasteiger partial charge in [-0.25, -0.2) is 8.42 Å². The van der Waals surface area contributed by atoms with Crippen LogP contribution in [0.2, 0.25) is 0 Å². The van der Waals surface area contributed by atoms with Crippen LogP contribution in [-0.4, -0.2) is 49.5 Å². The normalized spacial score (nSPS) is 19.4. The average molecular weight is 571 g/mol. The van der Waals surface area contributed by atoms with Gasteiger partial charge in [-0.3, -0.25) is 4.79 Å². The molecule has 9 heteroatoms. The van der Waals surface area contributed by atoms with Crippen molar-refractivity contribution in [3.05, 3.63) is 82.6 Å². The highest BCUT2D eigenvalue weighted by atomic mass is 32.2. The highest BCUT2D eigenvalue weighted by molar-refractivity contribution is 7.89. The first-order valence-electron chi connectivity index (χ1n) is 13.5. The number of hydrogen-bond acceptors (Lipinski definition) is 6. The number of benzene rings is 2. The Morgan fingerprint density at radius 3 is 2.56 bits per heavy atom. The monoisotopic (exact) mass is 570 g/mol. The third kappa shape index (κ3) is 7.69. The van der Waals surface area contributed by atoms with Crippen LogP contribution in [0.1, 0.15) is 43.0 Å². The Morgan fingerprint density at radius 2 is 1.87 bits per heavy atom. The Bertz CT molecular complexity index is 1300. The molecule has 0 bridgehead atoms. The second-order valence-corrected chi connectivity index (χ2v) is 13.3. The standard InChI is InChI=1S/C30H38N2O5S2/c1-22-10-6-7-16-27(22)30(34)31-28(18-23-11-4-3-5-12-23)29(33)21-32(20-25-14-9-17-38-25)39(35,36)26-15-8-13-24(19-26)37-2/h3-5,8-9,11-15,17,19,22,27-29,33H,6-7,10,16,18,20-21H2,1-2H3,(H,31,34)/t22-,27-,28+,29-/m1/s1. The van der Waals surface area contributed by atoms with E-state index in [4.69, 9.17) is 4.74 Å². The average Bonchev–Trinajstić information content (AvgIpc) is 3.46. The Hall–Kier alpha value is -2.72. The molecule has 2 aromatic carbocycles. The molecule has 0 radical (unpaired) electrons. The van der Waals surface area contributed by atoms with Gasteiger partial charge in [0.15, 0.2) is 0 Å². The molecule has 1 saturated carbocycles. The molecule has 0 saturated heterocycles. The van der Waals surface area contributed by atoms with Gasteiger partial charge in [0.25, 0.3) is 0 Å². The van der Waals surface area contributed by atoms with Crippen LogP contribution in [0.4, 0.5) is 0 Å². The van der Waals surface area contributed by atoms with Crippen molar-refractivity contribution in [1.29, 1.82) is 0 Å². The molecule has 0 aliphatic heterocycles. The summed E-state index contributed by atoms with van der Waals surface area (Å²) in [6.45, 7) is 2.05. The van der Waals surface area contributed by atoms with E-state index in [1.807, 2.05) is 47.8 Å². The van der Waals surface area contributed by atoms with Crippen molar-refractivity contribution < 1.29 is 23.1 Å². The minimum absolute atomic E-state index is 0.0670. The summed E-state index contributed by atoms with van der Waals surface area (Å²) in [6, 6.07) is 19.1. The molecule has 0 unspecified atom stereocenters. The van der Waals surface area contributed by atoms with Crippen LogP contribution < -0.4 is 10.1 Å². The lowest BCUT2D eigenvalue weighted by molar-refractivity contribution is -0.129. The first-order chi connectivity index (χ1) is 18.8. The summed E-state index contributed by atoms with van der Waals surface area (Å²) < 4.78 is 34.2. The smallest absolute Gasteiger partial charge is 0.243 e. The Kier molecular flexibility index (Phi) is 10.2. The van der Waals surface area contributed by atoms with Crippen molar-refractivity contribution >= 4 is 27.3 Å². The molecule has 3 aromatic rings. The SMILES string of the molecule is COc1cccc(S(=O)(=O)N(Cc2cccs2)C[C@@H](O)[C@H](Cc2ccccc2)NC(=O)[C@@H]2CCCC[C@H]2C)c1. The number of nitrogens with one attached hydrogen (secondary N) is 1. The summed E-state index contributed by atoms with van der Waals surface area (Å²) >= 11 is 1.46. The van der Waals surface area contributed by atoms with Crippen LogP contribution in [0, 0.1) is 11.8 Å². The molecule has 1 aliphatic carbocycles. The van der Waals surface area contributed by atoms with Gasteiger partial charge in [-0.2, -0.15) is 4.31 Å². The molecule has 1 amide bonds. The fourth-order valence-electron chi connectivity index (χ4n) is 5.22.